The first-order valence-electron chi connectivity index (χ1n) is 7.98. The van der Waals surface area contributed by atoms with Gasteiger partial charge in [-0.3, -0.25) is 0 Å². The molecular weight excluding hydrogens is 272 g/mol. The highest BCUT2D eigenvalue weighted by Crippen LogP contribution is 2.29. The maximum atomic E-state index is 6.09. The second-order valence-electron chi connectivity index (χ2n) is 6.27. The zero-order chi connectivity index (χ0) is 16.0. The average Bonchev–Trinajstić information content (AvgIpc) is 2.54. The molecule has 0 saturated heterocycles. The minimum Gasteiger partial charge on any atom is -0.457 e. The van der Waals surface area contributed by atoms with Crippen LogP contribution in [0.25, 0.3) is 0 Å². The molecule has 0 bridgehead atoms. The molecule has 2 heteroatoms. The van der Waals surface area contributed by atoms with E-state index in [4.69, 9.17) is 9.47 Å². The van der Waals surface area contributed by atoms with Crippen molar-refractivity contribution in [1.29, 1.82) is 0 Å². The fourth-order valence-corrected chi connectivity index (χ4v) is 2.10. The first-order chi connectivity index (χ1) is 10.5. The number of hydrogen-bond donors (Lipinski definition) is 0. The van der Waals surface area contributed by atoms with Gasteiger partial charge in [0, 0.05) is 0 Å². The summed E-state index contributed by atoms with van der Waals surface area (Å²) in [6, 6.07) is 18.0. The first kappa shape index (κ1) is 16.6. The molecule has 0 fully saturated rings. The van der Waals surface area contributed by atoms with Gasteiger partial charge in [0.15, 0.2) is 0 Å². The quantitative estimate of drug-likeness (QED) is 0.645. The standard InChI is InChI=1S/C20H26O2/c1-5-16(2)15-21-20(3,4)17-11-13-19(14-12-17)22-18-9-7-6-8-10-18/h6-14,16H,5,15H2,1-4H3. The largest absolute Gasteiger partial charge is 0.457 e. The minimum atomic E-state index is -0.283. The van der Waals surface area contributed by atoms with Gasteiger partial charge in [0.05, 0.1) is 12.2 Å². The predicted octanol–water partition coefficient (Wildman–Crippen LogP) is 5.78. The summed E-state index contributed by atoms with van der Waals surface area (Å²) < 4.78 is 11.9. The van der Waals surface area contributed by atoms with Gasteiger partial charge in [-0.15, -0.1) is 0 Å². The second-order valence-corrected chi connectivity index (χ2v) is 6.27. The third-order valence-electron chi connectivity index (χ3n) is 3.95. The highest BCUT2D eigenvalue weighted by molar-refractivity contribution is 5.34. The van der Waals surface area contributed by atoms with Gasteiger partial charge in [-0.25, -0.2) is 0 Å². The van der Waals surface area contributed by atoms with Gasteiger partial charge in [0.2, 0.25) is 0 Å². The molecule has 0 saturated carbocycles. The summed E-state index contributed by atoms with van der Waals surface area (Å²) >= 11 is 0. The SMILES string of the molecule is CCC(C)COC(C)(C)c1ccc(Oc2ccccc2)cc1. The lowest BCUT2D eigenvalue weighted by atomic mass is 9.97. The topological polar surface area (TPSA) is 18.5 Å². The summed E-state index contributed by atoms with van der Waals surface area (Å²) in [4.78, 5) is 0. The lowest BCUT2D eigenvalue weighted by molar-refractivity contribution is -0.0376. The molecule has 0 aliphatic heterocycles. The summed E-state index contributed by atoms with van der Waals surface area (Å²) in [5, 5.41) is 0. The number of ether oxygens (including phenoxy) is 2. The molecule has 0 heterocycles. The molecule has 2 rings (SSSR count). The Bertz CT molecular complexity index is 558. The molecule has 1 unspecified atom stereocenters. The normalized spacial score (nSPS) is 12.9. The Morgan fingerprint density at radius 2 is 1.50 bits per heavy atom. The number of para-hydroxylation sites is 1. The van der Waals surface area contributed by atoms with Crippen molar-refractivity contribution in [2.45, 2.75) is 39.7 Å². The molecule has 2 aromatic rings. The highest BCUT2D eigenvalue weighted by atomic mass is 16.5. The number of rotatable bonds is 7. The summed E-state index contributed by atoms with van der Waals surface area (Å²) in [5.41, 5.74) is 0.880. The molecule has 0 N–H and O–H groups in total. The Morgan fingerprint density at radius 3 is 2.09 bits per heavy atom. The molecule has 0 spiro atoms. The molecule has 118 valence electrons. The van der Waals surface area contributed by atoms with Crippen molar-refractivity contribution in [2.75, 3.05) is 6.61 Å². The minimum absolute atomic E-state index is 0.283. The molecule has 0 amide bonds. The van der Waals surface area contributed by atoms with Gasteiger partial charge >= 0.3 is 0 Å². The van der Waals surface area contributed by atoms with Crippen LogP contribution in [0.1, 0.15) is 39.7 Å². The van der Waals surface area contributed by atoms with Gasteiger partial charge < -0.3 is 9.47 Å². The van der Waals surface area contributed by atoms with E-state index in [1.807, 2.05) is 42.5 Å². The van der Waals surface area contributed by atoms with Crippen molar-refractivity contribution in [1.82, 2.24) is 0 Å². The van der Waals surface area contributed by atoms with E-state index in [9.17, 15) is 0 Å². The van der Waals surface area contributed by atoms with E-state index in [2.05, 4.69) is 39.8 Å². The molecule has 0 aliphatic carbocycles. The Morgan fingerprint density at radius 1 is 0.909 bits per heavy atom. The van der Waals surface area contributed by atoms with Crippen LogP contribution in [0.5, 0.6) is 11.5 Å². The fourth-order valence-electron chi connectivity index (χ4n) is 2.10. The van der Waals surface area contributed by atoms with Crippen molar-refractivity contribution in [3.8, 4) is 11.5 Å². The molecule has 22 heavy (non-hydrogen) atoms. The molecule has 2 nitrogen and oxygen atoms in total. The molecule has 0 radical (unpaired) electrons. The zero-order valence-electron chi connectivity index (χ0n) is 14.0. The van der Waals surface area contributed by atoms with Crippen LogP contribution in [0.3, 0.4) is 0 Å². The van der Waals surface area contributed by atoms with E-state index in [1.165, 1.54) is 0 Å². The zero-order valence-corrected chi connectivity index (χ0v) is 14.0. The lowest BCUT2D eigenvalue weighted by Gasteiger charge is -2.27. The molecule has 1 atom stereocenters. The van der Waals surface area contributed by atoms with E-state index in [-0.39, 0.29) is 5.60 Å². The van der Waals surface area contributed by atoms with Crippen LogP contribution in [-0.2, 0) is 10.3 Å². The maximum Gasteiger partial charge on any atom is 0.127 e. The van der Waals surface area contributed by atoms with Crippen LogP contribution in [0.15, 0.2) is 54.6 Å². The van der Waals surface area contributed by atoms with Crippen LogP contribution in [-0.4, -0.2) is 6.61 Å². The molecule has 0 aromatic heterocycles. The van der Waals surface area contributed by atoms with E-state index in [0.29, 0.717) is 5.92 Å². The second kappa shape index (κ2) is 7.46. The van der Waals surface area contributed by atoms with Crippen LogP contribution in [0, 0.1) is 5.92 Å². The third kappa shape index (κ3) is 4.60. The van der Waals surface area contributed by atoms with Gasteiger partial charge in [-0.2, -0.15) is 0 Å². The summed E-state index contributed by atoms with van der Waals surface area (Å²) in [6.07, 6.45) is 1.14. The molecule has 0 aliphatic rings. The highest BCUT2D eigenvalue weighted by Gasteiger charge is 2.21. The van der Waals surface area contributed by atoms with E-state index < -0.39 is 0 Å². The average molecular weight is 298 g/mol. The van der Waals surface area contributed by atoms with Crippen molar-refractivity contribution in [3.63, 3.8) is 0 Å². The van der Waals surface area contributed by atoms with Gasteiger partial charge in [-0.1, -0.05) is 50.6 Å². The third-order valence-corrected chi connectivity index (χ3v) is 3.95. The molecular formula is C20H26O2. The van der Waals surface area contributed by atoms with Crippen LogP contribution in [0.4, 0.5) is 0 Å². The van der Waals surface area contributed by atoms with Crippen molar-refractivity contribution >= 4 is 0 Å². The lowest BCUT2D eigenvalue weighted by Crippen LogP contribution is -2.24. The maximum absolute atomic E-state index is 6.09. The monoisotopic (exact) mass is 298 g/mol. The van der Waals surface area contributed by atoms with Crippen LogP contribution < -0.4 is 4.74 Å². The van der Waals surface area contributed by atoms with E-state index in [0.717, 1.165) is 30.1 Å². The van der Waals surface area contributed by atoms with E-state index in [1.54, 1.807) is 0 Å². The summed E-state index contributed by atoms with van der Waals surface area (Å²) in [6.45, 7) is 9.42. The van der Waals surface area contributed by atoms with Crippen molar-refractivity contribution in [2.24, 2.45) is 5.92 Å². The number of benzene rings is 2. The number of hydrogen-bond acceptors (Lipinski definition) is 2. The summed E-state index contributed by atoms with van der Waals surface area (Å²) in [7, 11) is 0. The molecule has 2 aromatic carbocycles. The van der Waals surface area contributed by atoms with Gasteiger partial charge in [0.25, 0.3) is 0 Å². The Kier molecular flexibility index (Phi) is 5.62. The Labute approximate surface area is 134 Å². The van der Waals surface area contributed by atoms with Crippen LogP contribution >= 0.6 is 0 Å². The smallest absolute Gasteiger partial charge is 0.127 e. The predicted molar refractivity (Wildman–Crippen MR) is 91.4 cm³/mol. The van der Waals surface area contributed by atoms with Gasteiger partial charge in [-0.05, 0) is 49.6 Å². The van der Waals surface area contributed by atoms with Gasteiger partial charge in [0.1, 0.15) is 11.5 Å². The fraction of sp³-hybridized carbons (Fsp3) is 0.400. The summed E-state index contributed by atoms with van der Waals surface area (Å²) in [5.74, 6) is 2.27. The van der Waals surface area contributed by atoms with Crippen LogP contribution in [0.2, 0.25) is 0 Å². The Balaban J connectivity index is 2.01. The first-order valence-corrected chi connectivity index (χ1v) is 7.98. The Hall–Kier alpha value is -1.80. The van der Waals surface area contributed by atoms with E-state index >= 15 is 0 Å². The van der Waals surface area contributed by atoms with Crippen molar-refractivity contribution < 1.29 is 9.47 Å². The van der Waals surface area contributed by atoms with Crippen molar-refractivity contribution in [3.05, 3.63) is 60.2 Å².